The molecule has 1 aliphatic carbocycles. The molecule has 1 amide bonds. The molecule has 0 saturated carbocycles. The number of hydrogen-bond acceptors (Lipinski definition) is 4. The number of aromatic hydroxyl groups is 1. The Labute approximate surface area is 197 Å². The van der Waals surface area contributed by atoms with Crippen LogP contribution < -0.4 is 15.1 Å². The summed E-state index contributed by atoms with van der Waals surface area (Å²) in [4.78, 5) is 21.4. The van der Waals surface area contributed by atoms with E-state index in [1.165, 1.54) is 0 Å². The van der Waals surface area contributed by atoms with Crippen LogP contribution in [-0.2, 0) is 4.79 Å². The topological polar surface area (TPSA) is 68.2 Å². The molecule has 0 saturated heterocycles. The zero-order chi connectivity index (χ0) is 22.8. The fourth-order valence-corrected chi connectivity index (χ4v) is 4.15. The number of anilines is 2. The summed E-state index contributed by atoms with van der Waals surface area (Å²) in [6.45, 7) is 0. The number of allylic oxidation sites excluding steroid dienone is 4. The SMILES string of the molecule is CN(C(=S)NC1N=C(C2=CC=CCC2)c2cc(Cl)ccc2N(C)C1=O)c1ccccc1O. The van der Waals surface area contributed by atoms with Crippen molar-refractivity contribution >= 4 is 51.9 Å². The van der Waals surface area contributed by atoms with Gasteiger partial charge in [-0.2, -0.15) is 0 Å². The van der Waals surface area contributed by atoms with Gasteiger partial charge in [0.2, 0.25) is 6.17 Å². The van der Waals surface area contributed by atoms with Crippen LogP contribution in [0.15, 0.2) is 71.3 Å². The lowest BCUT2D eigenvalue weighted by Gasteiger charge is -2.26. The lowest BCUT2D eigenvalue weighted by Crippen LogP contribution is -2.49. The predicted octanol–water partition coefficient (Wildman–Crippen LogP) is 4.42. The maximum atomic E-state index is 13.3. The van der Waals surface area contributed by atoms with Crippen molar-refractivity contribution in [2.75, 3.05) is 23.9 Å². The smallest absolute Gasteiger partial charge is 0.272 e. The first-order valence-corrected chi connectivity index (χ1v) is 11.0. The first-order valence-electron chi connectivity index (χ1n) is 10.2. The summed E-state index contributed by atoms with van der Waals surface area (Å²) in [7, 11) is 3.44. The molecule has 0 radical (unpaired) electrons. The van der Waals surface area contributed by atoms with E-state index in [4.69, 9.17) is 28.8 Å². The van der Waals surface area contributed by atoms with Gasteiger partial charge in [-0.15, -0.1) is 0 Å². The molecule has 0 bridgehead atoms. The lowest BCUT2D eigenvalue weighted by atomic mass is 9.94. The number of halogens is 1. The van der Waals surface area contributed by atoms with Gasteiger partial charge in [0.05, 0.1) is 17.1 Å². The molecule has 2 aromatic rings. The van der Waals surface area contributed by atoms with Gasteiger partial charge in [0.15, 0.2) is 5.11 Å². The van der Waals surface area contributed by atoms with Gasteiger partial charge in [-0.3, -0.25) is 4.79 Å². The molecular formula is C24H23ClN4O2S. The van der Waals surface area contributed by atoms with Crippen molar-refractivity contribution in [2.45, 2.75) is 19.0 Å². The molecular weight excluding hydrogens is 444 g/mol. The Hall–Kier alpha value is -3.16. The van der Waals surface area contributed by atoms with Crippen molar-refractivity contribution < 1.29 is 9.90 Å². The molecule has 1 heterocycles. The minimum absolute atomic E-state index is 0.0915. The fourth-order valence-electron chi connectivity index (χ4n) is 3.77. The number of fused-ring (bicyclic) bond motifs is 1. The Kier molecular flexibility index (Phi) is 6.30. The Morgan fingerprint density at radius 2 is 2.09 bits per heavy atom. The van der Waals surface area contributed by atoms with Crippen molar-refractivity contribution in [1.82, 2.24) is 5.32 Å². The summed E-state index contributed by atoms with van der Waals surface area (Å²) in [5.74, 6) is -0.155. The summed E-state index contributed by atoms with van der Waals surface area (Å²) in [5.41, 5.74) is 3.82. The van der Waals surface area contributed by atoms with Crippen LogP contribution in [0.2, 0.25) is 5.02 Å². The highest BCUT2D eigenvalue weighted by atomic mass is 35.5. The van der Waals surface area contributed by atoms with Crippen LogP contribution in [0.3, 0.4) is 0 Å². The number of phenols is 1. The van der Waals surface area contributed by atoms with E-state index in [1.807, 2.05) is 24.3 Å². The van der Waals surface area contributed by atoms with Crippen molar-refractivity contribution in [3.05, 3.63) is 76.9 Å². The number of hydrogen-bond donors (Lipinski definition) is 2. The largest absolute Gasteiger partial charge is 0.506 e. The second kappa shape index (κ2) is 9.14. The molecule has 1 unspecified atom stereocenters. The van der Waals surface area contributed by atoms with E-state index in [0.717, 1.165) is 35.4 Å². The van der Waals surface area contributed by atoms with E-state index in [1.54, 1.807) is 54.2 Å². The van der Waals surface area contributed by atoms with Gasteiger partial charge in [0.25, 0.3) is 5.91 Å². The van der Waals surface area contributed by atoms with E-state index in [-0.39, 0.29) is 16.8 Å². The molecule has 4 rings (SSSR count). The first kappa shape index (κ1) is 22.0. The number of aliphatic imine (C=N–C) groups is 1. The number of nitrogens with one attached hydrogen (secondary N) is 1. The van der Waals surface area contributed by atoms with E-state index in [2.05, 4.69) is 11.4 Å². The monoisotopic (exact) mass is 466 g/mol. The number of nitrogens with zero attached hydrogens (tertiary/aromatic N) is 3. The van der Waals surface area contributed by atoms with E-state index >= 15 is 0 Å². The molecule has 2 aliphatic rings. The third-order valence-electron chi connectivity index (χ3n) is 5.52. The molecule has 6 nitrogen and oxygen atoms in total. The molecule has 2 N–H and O–H groups in total. The van der Waals surface area contributed by atoms with Gasteiger partial charge in [-0.25, -0.2) is 4.99 Å². The molecule has 1 aliphatic heterocycles. The highest BCUT2D eigenvalue weighted by molar-refractivity contribution is 7.80. The number of phenolic OH excluding ortho intramolecular Hbond substituents is 1. The van der Waals surface area contributed by atoms with E-state index in [0.29, 0.717) is 10.7 Å². The Morgan fingerprint density at radius 3 is 2.81 bits per heavy atom. The van der Waals surface area contributed by atoms with Crippen LogP contribution in [0.25, 0.3) is 0 Å². The minimum Gasteiger partial charge on any atom is -0.506 e. The average molecular weight is 467 g/mol. The number of benzodiazepines with no additional fused rings is 1. The number of para-hydroxylation sites is 2. The highest BCUT2D eigenvalue weighted by Crippen LogP contribution is 2.32. The Bertz CT molecular complexity index is 1170. The maximum Gasteiger partial charge on any atom is 0.272 e. The van der Waals surface area contributed by atoms with Crippen molar-refractivity contribution in [3.63, 3.8) is 0 Å². The van der Waals surface area contributed by atoms with Gasteiger partial charge >= 0.3 is 0 Å². The third-order valence-corrected chi connectivity index (χ3v) is 6.15. The van der Waals surface area contributed by atoms with Gasteiger partial charge in [0, 0.05) is 24.7 Å². The molecule has 8 heteroatoms. The Balaban J connectivity index is 1.73. The molecule has 0 aromatic heterocycles. The normalized spacial score (nSPS) is 17.8. The third kappa shape index (κ3) is 4.26. The lowest BCUT2D eigenvalue weighted by molar-refractivity contribution is -0.119. The van der Waals surface area contributed by atoms with Crippen LogP contribution in [0.1, 0.15) is 18.4 Å². The average Bonchev–Trinajstić information content (AvgIpc) is 2.90. The molecule has 2 aromatic carbocycles. The number of benzene rings is 2. The van der Waals surface area contributed by atoms with Crippen molar-refractivity contribution in [1.29, 1.82) is 0 Å². The second-order valence-corrected chi connectivity index (χ2v) is 8.42. The Morgan fingerprint density at radius 1 is 1.31 bits per heavy atom. The quantitative estimate of drug-likeness (QED) is 0.655. The second-order valence-electron chi connectivity index (χ2n) is 7.59. The van der Waals surface area contributed by atoms with Crippen molar-refractivity contribution in [2.24, 2.45) is 4.99 Å². The van der Waals surface area contributed by atoms with Gasteiger partial charge < -0.3 is 20.2 Å². The highest BCUT2D eigenvalue weighted by Gasteiger charge is 2.32. The van der Waals surface area contributed by atoms with Gasteiger partial charge in [0.1, 0.15) is 5.75 Å². The van der Waals surface area contributed by atoms with Crippen LogP contribution in [0.4, 0.5) is 11.4 Å². The number of rotatable bonds is 3. The minimum atomic E-state index is -0.936. The van der Waals surface area contributed by atoms with Crippen LogP contribution in [0.5, 0.6) is 5.75 Å². The van der Waals surface area contributed by atoms with E-state index < -0.39 is 6.17 Å². The number of carbonyl (C=O) groups excluding carboxylic acids is 1. The zero-order valence-electron chi connectivity index (χ0n) is 17.7. The molecule has 164 valence electrons. The van der Waals surface area contributed by atoms with Crippen LogP contribution in [0, 0.1) is 0 Å². The van der Waals surface area contributed by atoms with Crippen LogP contribution >= 0.6 is 23.8 Å². The zero-order valence-corrected chi connectivity index (χ0v) is 19.3. The molecule has 0 spiro atoms. The molecule has 0 fully saturated rings. The summed E-state index contributed by atoms with van der Waals surface area (Å²) < 4.78 is 0. The number of thiocarbonyl (C=S) groups is 1. The van der Waals surface area contributed by atoms with Crippen LogP contribution in [-0.4, -0.2) is 42.1 Å². The molecule has 32 heavy (non-hydrogen) atoms. The number of likely N-dealkylation sites (N-methyl/N-ethyl adjacent to an activating group) is 1. The summed E-state index contributed by atoms with van der Waals surface area (Å²) in [6, 6.07) is 12.3. The first-order chi connectivity index (χ1) is 15.4. The van der Waals surface area contributed by atoms with Gasteiger partial charge in [-0.05, 0) is 61.0 Å². The fraction of sp³-hybridized carbons (Fsp3) is 0.208. The molecule has 1 atom stereocenters. The van der Waals surface area contributed by atoms with E-state index in [9.17, 15) is 9.90 Å². The standard InChI is InChI=1S/C24H23ClN4O2S/c1-28-18-13-12-16(25)14-17(18)21(15-8-4-3-5-9-15)26-22(23(28)31)27-24(32)29(2)19-10-6-7-11-20(19)30/h3-4,6-8,10-14,22,30H,5,9H2,1-2H3,(H,27,32). The maximum absolute atomic E-state index is 13.3. The van der Waals surface area contributed by atoms with Crippen molar-refractivity contribution in [3.8, 4) is 5.75 Å². The number of carbonyl (C=O) groups is 1. The summed E-state index contributed by atoms with van der Waals surface area (Å²) in [5, 5.41) is 14.1. The number of amides is 1. The van der Waals surface area contributed by atoms with Gasteiger partial charge in [-0.1, -0.05) is 42.0 Å². The summed E-state index contributed by atoms with van der Waals surface area (Å²) >= 11 is 11.9. The summed E-state index contributed by atoms with van der Waals surface area (Å²) in [6.07, 6.45) is 6.90. The predicted molar refractivity (Wildman–Crippen MR) is 134 cm³/mol.